The molecule has 1 atom stereocenters. The number of likely N-dealkylation sites (tertiary alicyclic amines) is 1. The molecule has 0 saturated carbocycles. The fourth-order valence-electron chi connectivity index (χ4n) is 3.67. The highest BCUT2D eigenvalue weighted by molar-refractivity contribution is 5.97. The number of amides is 1. The van der Waals surface area contributed by atoms with Crippen LogP contribution in [0, 0.1) is 12.7 Å². The van der Waals surface area contributed by atoms with Gasteiger partial charge in [-0.05, 0) is 44.0 Å². The van der Waals surface area contributed by atoms with E-state index in [2.05, 4.69) is 15.1 Å². The molecule has 0 bridgehead atoms. The Morgan fingerprint density at radius 3 is 3.00 bits per heavy atom. The van der Waals surface area contributed by atoms with E-state index in [0.29, 0.717) is 24.6 Å². The lowest BCUT2D eigenvalue weighted by Gasteiger charge is -2.33. The van der Waals surface area contributed by atoms with Gasteiger partial charge >= 0.3 is 0 Å². The first kappa shape index (κ1) is 17.4. The van der Waals surface area contributed by atoms with Crippen molar-refractivity contribution in [3.05, 3.63) is 53.4 Å². The molecule has 4 rings (SSSR count). The summed E-state index contributed by atoms with van der Waals surface area (Å²) in [6.45, 7) is 3.07. The maximum Gasteiger partial charge on any atom is 0.257 e. The molecule has 3 aromatic rings. The minimum atomic E-state index is -0.457. The molecule has 1 aliphatic rings. The minimum Gasteiger partial charge on any atom is -0.496 e. The second-order valence-corrected chi connectivity index (χ2v) is 6.73. The summed E-state index contributed by atoms with van der Waals surface area (Å²) in [6, 6.07) is 5.99. The van der Waals surface area contributed by atoms with Crippen molar-refractivity contribution in [3.63, 3.8) is 0 Å². The fourth-order valence-corrected chi connectivity index (χ4v) is 3.67. The normalized spacial score (nSPS) is 17.3. The summed E-state index contributed by atoms with van der Waals surface area (Å²) in [5.74, 6) is 0.355. The number of hydrogen-bond donors (Lipinski definition) is 0. The van der Waals surface area contributed by atoms with Crippen LogP contribution in [-0.4, -0.2) is 50.6 Å². The molecule has 0 aliphatic carbocycles. The highest BCUT2D eigenvalue weighted by Crippen LogP contribution is 2.29. The van der Waals surface area contributed by atoms with Crippen LogP contribution in [0.2, 0.25) is 0 Å². The highest BCUT2D eigenvalue weighted by Gasteiger charge is 2.29. The summed E-state index contributed by atoms with van der Waals surface area (Å²) in [5, 5.41) is 4.27. The summed E-state index contributed by atoms with van der Waals surface area (Å²) in [7, 11) is 1.48. The third-order valence-electron chi connectivity index (χ3n) is 4.93. The molecule has 0 N–H and O–H groups in total. The Kier molecular flexibility index (Phi) is 4.47. The SMILES string of the molecule is COc1ccc(F)cc1C(=O)N1CCCC(c2cc(C)nc3ncnn23)C1. The van der Waals surface area contributed by atoms with E-state index in [4.69, 9.17) is 4.74 Å². The number of benzene rings is 1. The van der Waals surface area contributed by atoms with Gasteiger partial charge in [-0.2, -0.15) is 10.1 Å². The number of methoxy groups -OCH3 is 1. The molecule has 1 aliphatic heterocycles. The maximum atomic E-state index is 13.7. The molecule has 3 heterocycles. The molecule has 1 aromatic carbocycles. The van der Waals surface area contributed by atoms with Gasteiger partial charge in [0.1, 0.15) is 17.9 Å². The van der Waals surface area contributed by atoms with Crippen LogP contribution in [0.4, 0.5) is 4.39 Å². The predicted molar refractivity (Wildman–Crippen MR) is 96.3 cm³/mol. The number of piperidine rings is 1. The van der Waals surface area contributed by atoms with Crippen LogP contribution in [-0.2, 0) is 0 Å². The second-order valence-electron chi connectivity index (χ2n) is 6.73. The van der Waals surface area contributed by atoms with Crippen LogP contribution >= 0.6 is 0 Å². The zero-order valence-electron chi connectivity index (χ0n) is 15.2. The quantitative estimate of drug-likeness (QED) is 0.710. The average molecular weight is 369 g/mol. The largest absolute Gasteiger partial charge is 0.496 e. The number of nitrogens with zero attached hydrogens (tertiary/aromatic N) is 5. The van der Waals surface area contributed by atoms with E-state index in [0.717, 1.165) is 24.2 Å². The van der Waals surface area contributed by atoms with Gasteiger partial charge in [-0.3, -0.25) is 4.79 Å². The summed E-state index contributed by atoms with van der Waals surface area (Å²) >= 11 is 0. The molecule has 2 aromatic heterocycles. The monoisotopic (exact) mass is 369 g/mol. The lowest BCUT2D eigenvalue weighted by molar-refractivity contribution is 0.0701. The molecule has 140 valence electrons. The smallest absolute Gasteiger partial charge is 0.257 e. The van der Waals surface area contributed by atoms with Gasteiger partial charge in [0.25, 0.3) is 11.7 Å². The van der Waals surface area contributed by atoms with Crippen molar-refractivity contribution in [2.45, 2.75) is 25.7 Å². The summed E-state index contributed by atoms with van der Waals surface area (Å²) in [5.41, 5.74) is 2.09. The number of rotatable bonds is 3. The van der Waals surface area contributed by atoms with E-state index in [1.54, 1.807) is 9.42 Å². The first-order valence-corrected chi connectivity index (χ1v) is 8.87. The fraction of sp³-hybridized carbons (Fsp3) is 0.368. The number of aromatic nitrogens is 4. The lowest BCUT2D eigenvalue weighted by atomic mass is 9.93. The summed E-state index contributed by atoms with van der Waals surface area (Å²) < 4.78 is 20.7. The van der Waals surface area contributed by atoms with Gasteiger partial charge in [-0.1, -0.05) is 0 Å². The number of aryl methyl sites for hydroxylation is 1. The van der Waals surface area contributed by atoms with Gasteiger partial charge in [-0.15, -0.1) is 0 Å². The second kappa shape index (κ2) is 6.94. The van der Waals surface area contributed by atoms with Gasteiger partial charge in [0.15, 0.2) is 0 Å². The summed E-state index contributed by atoms with van der Waals surface area (Å²) in [4.78, 5) is 23.3. The number of ether oxygens (including phenoxy) is 1. The van der Waals surface area contributed by atoms with Gasteiger partial charge in [0.05, 0.1) is 18.4 Å². The number of carbonyl (C=O) groups is 1. The van der Waals surface area contributed by atoms with Crippen LogP contribution < -0.4 is 4.74 Å². The topological polar surface area (TPSA) is 72.6 Å². The maximum absolute atomic E-state index is 13.7. The molecule has 1 amide bonds. The van der Waals surface area contributed by atoms with Crippen molar-refractivity contribution in [2.75, 3.05) is 20.2 Å². The Labute approximate surface area is 155 Å². The third kappa shape index (κ3) is 3.22. The summed E-state index contributed by atoms with van der Waals surface area (Å²) in [6.07, 6.45) is 3.27. The number of fused-ring (bicyclic) bond motifs is 1. The molecule has 8 heteroatoms. The van der Waals surface area contributed by atoms with Gasteiger partial charge < -0.3 is 9.64 Å². The van der Waals surface area contributed by atoms with Gasteiger partial charge in [0, 0.05) is 24.7 Å². The Morgan fingerprint density at radius 2 is 2.19 bits per heavy atom. The van der Waals surface area contributed by atoms with Crippen LogP contribution in [0.3, 0.4) is 0 Å². The number of carbonyl (C=O) groups excluding carboxylic acids is 1. The number of halogens is 1. The van der Waals surface area contributed by atoms with Crippen molar-refractivity contribution >= 4 is 11.7 Å². The van der Waals surface area contributed by atoms with Crippen molar-refractivity contribution in [3.8, 4) is 5.75 Å². The van der Waals surface area contributed by atoms with E-state index in [1.807, 2.05) is 13.0 Å². The first-order valence-electron chi connectivity index (χ1n) is 8.87. The van der Waals surface area contributed by atoms with Crippen LogP contribution in [0.1, 0.15) is 40.5 Å². The molecule has 0 spiro atoms. The molecule has 0 radical (unpaired) electrons. The molecule has 27 heavy (non-hydrogen) atoms. The zero-order valence-corrected chi connectivity index (χ0v) is 15.2. The third-order valence-corrected chi connectivity index (χ3v) is 4.93. The molecule has 7 nitrogen and oxygen atoms in total. The lowest BCUT2D eigenvalue weighted by Crippen LogP contribution is -2.39. The Balaban J connectivity index is 1.64. The van der Waals surface area contributed by atoms with E-state index in [9.17, 15) is 9.18 Å². The molecular formula is C19H20FN5O2. The van der Waals surface area contributed by atoms with Gasteiger partial charge in [0.2, 0.25) is 0 Å². The Bertz CT molecular complexity index is 1000. The zero-order chi connectivity index (χ0) is 19.0. The van der Waals surface area contributed by atoms with Crippen LogP contribution in [0.15, 0.2) is 30.6 Å². The van der Waals surface area contributed by atoms with Crippen LogP contribution in [0.5, 0.6) is 5.75 Å². The van der Waals surface area contributed by atoms with Crippen LogP contribution in [0.25, 0.3) is 5.78 Å². The standard InChI is InChI=1S/C19H20FN5O2/c1-12-8-16(25-19(23-12)21-11-22-25)13-4-3-7-24(10-13)18(26)15-9-14(20)5-6-17(15)27-2/h5-6,8-9,11,13H,3-4,7,10H2,1-2H3. The average Bonchev–Trinajstić information content (AvgIpc) is 3.15. The first-order chi connectivity index (χ1) is 13.1. The molecule has 1 fully saturated rings. The van der Waals surface area contributed by atoms with Gasteiger partial charge in [-0.25, -0.2) is 13.9 Å². The minimum absolute atomic E-state index is 0.105. The van der Waals surface area contributed by atoms with Crippen molar-refractivity contribution in [1.29, 1.82) is 0 Å². The van der Waals surface area contributed by atoms with E-state index < -0.39 is 5.82 Å². The van der Waals surface area contributed by atoms with E-state index in [-0.39, 0.29) is 17.4 Å². The van der Waals surface area contributed by atoms with Crippen molar-refractivity contribution in [2.24, 2.45) is 0 Å². The van der Waals surface area contributed by atoms with E-state index in [1.165, 1.54) is 31.6 Å². The molecule has 1 unspecified atom stereocenters. The Morgan fingerprint density at radius 1 is 1.33 bits per heavy atom. The molecule has 1 saturated heterocycles. The van der Waals surface area contributed by atoms with Crippen molar-refractivity contribution < 1.29 is 13.9 Å². The van der Waals surface area contributed by atoms with E-state index >= 15 is 0 Å². The Hall–Kier alpha value is -3.03. The predicted octanol–water partition coefficient (Wildman–Crippen LogP) is 2.60. The number of hydrogen-bond acceptors (Lipinski definition) is 5. The highest BCUT2D eigenvalue weighted by atomic mass is 19.1. The molecular weight excluding hydrogens is 349 g/mol. The van der Waals surface area contributed by atoms with Crippen molar-refractivity contribution in [1.82, 2.24) is 24.5 Å².